The maximum absolute atomic E-state index is 12.3. The predicted octanol–water partition coefficient (Wildman–Crippen LogP) is 8.86. The van der Waals surface area contributed by atoms with Crippen molar-refractivity contribution in [3.8, 4) is 11.5 Å². The van der Waals surface area contributed by atoms with Crippen molar-refractivity contribution >= 4 is 33.5 Å². The number of benzene rings is 3. The lowest BCUT2D eigenvalue weighted by Crippen LogP contribution is -2.22. The predicted molar refractivity (Wildman–Crippen MR) is 166 cm³/mol. The van der Waals surface area contributed by atoms with E-state index in [0.717, 1.165) is 90.0 Å². The number of aryl methyl sites for hydroxylation is 1. The van der Waals surface area contributed by atoms with Crippen LogP contribution in [0.1, 0.15) is 97.5 Å². The van der Waals surface area contributed by atoms with Crippen molar-refractivity contribution in [1.82, 2.24) is 0 Å². The summed E-state index contributed by atoms with van der Waals surface area (Å²) in [6, 6.07) is 14.2. The molecule has 6 nitrogen and oxygen atoms in total. The summed E-state index contributed by atoms with van der Waals surface area (Å²) in [5.41, 5.74) is 1.10. The van der Waals surface area contributed by atoms with Gasteiger partial charge >= 0.3 is 11.9 Å². The summed E-state index contributed by atoms with van der Waals surface area (Å²) in [7, 11) is 0. The highest BCUT2D eigenvalue weighted by Gasteiger charge is 2.19. The molecule has 0 bridgehead atoms. The van der Waals surface area contributed by atoms with Gasteiger partial charge in [0.1, 0.15) is 36.9 Å². The Hall–Kier alpha value is -3.28. The quantitative estimate of drug-likeness (QED) is 0.0873. The van der Waals surface area contributed by atoms with E-state index in [1.54, 1.807) is 0 Å². The molecule has 0 aliphatic heterocycles. The lowest BCUT2D eigenvalue weighted by Gasteiger charge is -2.21. The zero-order chi connectivity index (χ0) is 29.6. The van der Waals surface area contributed by atoms with Crippen LogP contribution in [0.3, 0.4) is 0 Å². The third-order valence-electron chi connectivity index (χ3n) is 7.14. The van der Waals surface area contributed by atoms with E-state index in [-0.39, 0.29) is 37.4 Å². The summed E-state index contributed by atoms with van der Waals surface area (Å²) >= 11 is 0. The van der Waals surface area contributed by atoms with Crippen molar-refractivity contribution in [3.05, 3.63) is 48.0 Å². The number of carbonyl (C=O) groups is 2. The van der Waals surface area contributed by atoms with Crippen molar-refractivity contribution in [1.29, 1.82) is 0 Å². The largest absolute Gasteiger partial charge is 0.488 e. The molecule has 0 radical (unpaired) electrons. The molecule has 0 fully saturated rings. The van der Waals surface area contributed by atoms with Crippen molar-refractivity contribution in [2.24, 2.45) is 0 Å². The summed E-state index contributed by atoms with van der Waals surface area (Å²) in [6.07, 6.45) is 8.46. The first-order valence-electron chi connectivity index (χ1n) is 15.4. The summed E-state index contributed by atoms with van der Waals surface area (Å²) in [4.78, 5) is 24.6. The topological polar surface area (TPSA) is 71.1 Å². The van der Waals surface area contributed by atoms with Crippen LogP contribution in [-0.4, -0.2) is 37.4 Å². The lowest BCUT2D eigenvalue weighted by molar-refractivity contribution is -0.150. The molecule has 0 spiro atoms. The van der Waals surface area contributed by atoms with Gasteiger partial charge in [-0.2, -0.15) is 0 Å². The molecule has 0 saturated heterocycles. The summed E-state index contributed by atoms with van der Waals surface area (Å²) in [5, 5.41) is 3.68. The third kappa shape index (κ3) is 9.94. The molecule has 6 heteroatoms. The number of ether oxygens (including phenoxy) is 4. The average Bonchev–Trinajstić information content (AvgIpc) is 2.95. The highest BCUT2D eigenvalue weighted by molar-refractivity contribution is 6.11. The molecule has 2 atom stereocenters. The number of hydrogen-bond acceptors (Lipinski definition) is 6. The third-order valence-corrected chi connectivity index (χ3v) is 7.14. The van der Waals surface area contributed by atoms with Gasteiger partial charge in [0, 0.05) is 34.4 Å². The van der Waals surface area contributed by atoms with Crippen LogP contribution in [0.25, 0.3) is 21.5 Å². The van der Waals surface area contributed by atoms with E-state index in [1.807, 2.05) is 51.1 Å². The number of fused-ring (bicyclic) bond motifs is 2. The zero-order valence-electron chi connectivity index (χ0n) is 25.6. The molecule has 224 valence electrons. The highest BCUT2D eigenvalue weighted by atomic mass is 16.6. The molecule has 0 aromatic heterocycles. The van der Waals surface area contributed by atoms with Crippen LogP contribution in [0.15, 0.2) is 42.5 Å². The van der Waals surface area contributed by atoms with Gasteiger partial charge in [0.05, 0.1) is 0 Å². The standard InChI is InChI=1S/C35H48O6/c1-6-8-10-12-18-32(36)40-26(4)23-38-34-28-16-14-15-17-29(28)35(31-22-25(3)20-21-30(31)34)39-24-27(5)41-33(37)19-13-11-9-7-2/h14-17,20-22,26-27H,6-13,18-19,23-24H2,1-5H3. The molecule has 0 heterocycles. The summed E-state index contributed by atoms with van der Waals surface area (Å²) < 4.78 is 24.0. The van der Waals surface area contributed by atoms with E-state index in [2.05, 4.69) is 26.0 Å². The number of unbranched alkanes of at least 4 members (excludes halogenated alkanes) is 6. The SMILES string of the molecule is CCCCCCC(=O)OC(C)COc1c2ccccc2c(OCC(C)OC(=O)CCCCCC)c2cc(C)ccc12. The van der Waals surface area contributed by atoms with Gasteiger partial charge in [0.25, 0.3) is 0 Å². The molecule has 2 unspecified atom stereocenters. The second-order valence-corrected chi connectivity index (χ2v) is 11.1. The van der Waals surface area contributed by atoms with Gasteiger partial charge in [-0.25, -0.2) is 0 Å². The molecule has 41 heavy (non-hydrogen) atoms. The summed E-state index contributed by atoms with van der Waals surface area (Å²) in [6.45, 7) is 10.6. The Morgan fingerprint density at radius 1 is 0.634 bits per heavy atom. The Kier molecular flexibility index (Phi) is 13.3. The van der Waals surface area contributed by atoms with E-state index < -0.39 is 0 Å². The minimum absolute atomic E-state index is 0.178. The van der Waals surface area contributed by atoms with Gasteiger partial charge in [-0.15, -0.1) is 0 Å². The van der Waals surface area contributed by atoms with Crippen LogP contribution >= 0.6 is 0 Å². The highest BCUT2D eigenvalue weighted by Crippen LogP contribution is 2.43. The van der Waals surface area contributed by atoms with E-state index in [1.165, 1.54) is 0 Å². The van der Waals surface area contributed by atoms with Crippen LogP contribution in [-0.2, 0) is 19.1 Å². The van der Waals surface area contributed by atoms with Gasteiger partial charge in [0.2, 0.25) is 0 Å². The first-order chi connectivity index (χ1) is 19.8. The van der Waals surface area contributed by atoms with Gasteiger partial charge in [-0.3, -0.25) is 9.59 Å². The molecule has 0 saturated carbocycles. The second-order valence-electron chi connectivity index (χ2n) is 11.1. The Morgan fingerprint density at radius 2 is 1.10 bits per heavy atom. The molecule has 0 amide bonds. The molecular weight excluding hydrogens is 516 g/mol. The Morgan fingerprint density at radius 3 is 1.59 bits per heavy atom. The van der Waals surface area contributed by atoms with Crippen molar-refractivity contribution < 1.29 is 28.5 Å². The molecular formula is C35H48O6. The van der Waals surface area contributed by atoms with E-state index in [4.69, 9.17) is 18.9 Å². The van der Waals surface area contributed by atoms with Crippen LogP contribution < -0.4 is 9.47 Å². The van der Waals surface area contributed by atoms with Gasteiger partial charge in [0.15, 0.2) is 0 Å². The second kappa shape index (κ2) is 16.9. The van der Waals surface area contributed by atoms with E-state index in [0.29, 0.717) is 12.8 Å². The number of rotatable bonds is 18. The summed E-state index contributed by atoms with van der Waals surface area (Å²) in [5.74, 6) is 1.12. The minimum atomic E-state index is -0.374. The zero-order valence-corrected chi connectivity index (χ0v) is 25.6. The smallest absolute Gasteiger partial charge is 0.306 e. The van der Waals surface area contributed by atoms with Crippen LogP contribution in [0.2, 0.25) is 0 Å². The van der Waals surface area contributed by atoms with Crippen molar-refractivity contribution in [2.75, 3.05) is 13.2 Å². The molecule has 3 rings (SSSR count). The maximum atomic E-state index is 12.3. The minimum Gasteiger partial charge on any atom is -0.488 e. The molecule has 3 aromatic carbocycles. The number of carbonyl (C=O) groups excluding carboxylic acids is 2. The van der Waals surface area contributed by atoms with Gasteiger partial charge in [-0.05, 0) is 39.7 Å². The molecule has 0 aliphatic carbocycles. The molecule has 0 aliphatic rings. The Labute approximate surface area is 245 Å². The van der Waals surface area contributed by atoms with E-state index in [9.17, 15) is 9.59 Å². The fourth-order valence-electron chi connectivity index (χ4n) is 4.95. The average molecular weight is 565 g/mol. The van der Waals surface area contributed by atoms with Gasteiger partial charge < -0.3 is 18.9 Å². The first-order valence-corrected chi connectivity index (χ1v) is 15.4. The lowest BCUT2D eigenvalue weighted by atomic mass is 9.99. The maximum Gasteiger partial charge on any atom is 0.306 e. The van der Waals surface area contributed by atoms with E-state index >= 15 is 0 Å². The van der Waals surface area contributed by atoms with Crippen LogP contribution in [0.4, 0.5) is 0 Å². The first kappa shape index (κ1) is 32.2. The van der Waals surface area contributed by atoms with Crippen LogP contribution in [0.5, 0.6) is 11.5 Å². The molecule has 0 N–H and O–H groups in total. The Balaban J connectivity index is 1.75. The fraction of sp³-hybridized carbons (Fsp3) is 0.543. The van der Waals surface area contributed by atoms with Crippen molar-refractivity contribution in [2.45, 2.75) is 111 Å². The number of esters is 2. The normalized spacial score (nSPS) is 12.7. The Bertz CT molecular complexity index is 1270. The van der Waals surface area contributed by atoms with Crippen molar-refractivity contribution in [3.63, 3.8) is 0 Å². The van der Waals surface area contributed by atoms with Gasteiger partial charge in [-0.1, -0.05) is 94.3 Å². The van der Waals surface area contributed by atoms with Crippen LogP contribution in [0, 0.1) is 6.92 Å². The molecule has 3 aromatic rings. The monoisotopic (exact) mass is 564 g/mol. The fourth-order valence-corrected chi connectivity index (χ4v) is 4.95. The number of hydrogen-bond donors (Lipinski definition) is 0.